The molecule has 0 saturated carbocycles. The van der Waals surface area contributed by atoms with Gasteiger partial charge in [-0.25, -0.2) is 0 Å². The first-order chi connectivity index (χ1) is 13.2. The van der Waals surface area contributed by atoms with Gasteiger partial charge in [0.25, 0.3) is 5.91 Å². The molecular weight excluding hydrogens is 344 g/mol. The molecule has 7 heteroatoms. The third kappa shape index (κ3) is 3.90. The summed E-state index contributed by atoms with van der Waals surface area (Å²) in [5.74, 6) is 0.0339. The number of carbonyl (C=O) groups excluding carboxylic acids is 1. The van der Waals surface area contributed by atoms with Crippen molar-refractivity contribution in [1.82, 2.24) is 19.4 Å². The minimum Gasteiger partial charge on any atom is -0.379 e. The summed E-state index contributed by atoms with van der Waals surface area (Å²) in [6.07, 6.45) is 5.41. The predicted octanol–water partition coefficient (Wildman–Crippen LogP) is 1.33. The van der Waals surface area contributed by atoms with Gasteiger partial charge in [-0.3, -0.25) is 14.7 Å². The summed E-state index contributed by atoms with van der Waals surface area (Å²) >= 11 is 0. The number of amides is 1. The van der Waals surface area contributed by atoms with Crippen LogP contribution in [-0.2, 0) is 16.5 Å². The predicted molar refractivity (Wildman–Crippen MR) is 100 cm³/mol. The summed E-state index contributed by atoms with van der Waals surface area (Å²) in [7, 11) is 1.90. The van der Waals surface area contributed by atoms with E-state index >= 15 is 0 Å². The lowest BCUT2D eigenvalue weighted by atomic mass is 9.98. The third-order valence-electron chi connectivity index (χ3n) is 5.34. The van der Waals surface area contributed by atoms with Gasteiger partial charge in [-0.1, -0.05) is 6.07 Å². The molecule has 4 heterocycles. The van der Waals surface area contributed by atoms with Crippen molar-refractivity contribution in [3.63, 3.8) is 0 Å². The second-order valence-corrected chi connectivity index (χ2v) is 7.06. The van der Waals surface area contributed by atoms with E-state index in [0.717, 1.165) is 38.4 Å². The van der Waals surface area contributed by atoms with Gasteiger partial charge in [0.15, 0.2) is 0 Å². The Bertz CT molecular complexity index is 758. The molecule has 7 nitrogen and oxygen atoms in total. The number of carbonyl (C=O) groups is 1. The zero-order chi connectivity index (χ0) is 18.6. The lowest BCUT2D eigenvalue weighted by Gasteiger charge is -2.43. The number of hydrogen-bond acceptors (Lipinski definition) is 5. The Morgan fingerprint density at radius 3 is 2.74 bits per heavy atom. The van der Waals surface area contributed by atoms with Crippen LogP contribution in [0.4, 0.5) is 0 Å². The average Bonchev–Trinajstić information content (AvgIpc) is 3.14. The van der Waals surface area contributed by atoms with E-state index in [4.69, 9.17) is 9.47 Å². The molecule has 0 radical (unpaired) electrons. The first-order valence-electron chi connectivity index (χ1n) is 9.48. The van der Waals surface area contributed by atoms with Crippen molar-refractivity contribution in [2.45, 2.75) is 12.1 Å². The molecule has 144 valence electrons. The van der Waals surface area contributed by atoms with E-state index in [0.29, 0.717) is 18.8 Å². The monoisotopic (exact) mass is 370 g/mol. The Labute approximate surface area is 159 Å². The third-order valence-corrected chi connectivity index (χ3v) is 5.34. The van der Waals surface area contributed by atoms with E-state index < -0.39 is 0 Å². The van der Waals surface area contributed by atoms with Crippen LogP contribution in [0, 0.1) is 0 Å². The Hall–Kier alpha value is -2.22. The van der Waals surface area contributed by atoms with Gasteiger partial charge < -0.3 is 18.9 Å². The Kier molecular flexibility index (Phi) is 5.52. The van der Waals surface area contributed by atoms with E-state index in [9.17, 15) is 4.79 Å². The molecule has 0 aliphatic carbocycles. The normalized spacial score (nSPS) is 24.1. The first kappa shape index (κ1) is 18.2. The van der Waals surface area contributed by atoms with Crippen molar-refractivity contribution in [1.29, 1.82) is 0 Å². The van der Waals surface area contributed by atoms with Crippen molar-refractivity contribution < 1.29 is 14.3 Å². The second-order valence-electron chi connectivity index (χ2n) is 7.06. The fourth-order valence-electron chi connectivity index (χ4n) is 3.93. The van der Waals surface area contributed by atoms with Gasteiger partial charge in [0.05, 0.1) is 32.0 Å². The molecule has 1 amide bonds. The summed E-state index contributed by atoms with van der Waals surface area (Å²) in [6, 6.07) is 7.57. The van der Waals surface area contributed by atoms with Crippen LogP contribution in [0.25, 0.3) is 0 Å². The van der Waals surface area contributed by atoms with Crippen LogP contribution in [-0.4, -0.2) is 77.4 Å². The van der Waals surface area contributed by atoms with E-state index in [1.807, 2.05) is 53.2 Å². The fraction of sp³-hybridized carbons (Fsp3) is 0.500. The van der Waals surface area contributed by atoms with E-state index in [1.54, 1.807) is 6.20 Å². The molecule has 0 N–H and O–H groups in total. The zero-order valence-corrected chi connectivity index (χ0v) is 15.7. The molecule has 2 aliphatic rings. The molecule has 2 aromatic rings. The largest absolute Gasteiger partial charge is 0.379 e. The Morgan fingerprint density at radius 2 is 2.04 bits per heavy atom. The van der Waals surface area contributed by atoms with Crippen LogP contribution in [0.2, 0.25) is 0 Å². The molecular formula is C20H26N4O3. The van der Waals surface area contributed by atoms with Gasteiger partial charge in [-0.05, 0) is 23.8 Å². The number of aromatic nitrogens is 2. The van der Waals surface area contributed by atoms with Crippen molar-refractivity contribution in [2.24, 2.45) is 7.05 Å². The number of pyridine rings is 1. The van der Waals surface area contributed by atoms with E-state index in [2.05, 4.69) is 9.88 Å². The van der Waals surface area contributed by atoms with Crippen LogP contribution in [0.15, 0.2) is 42.9 Å². The van der Waals surface area contributed by atoms with E-state index in [-0.39, 0.29) is 18.1 Å². The summed E-state index contributed by atoms with van der Waals surface area (Å²) < 4.78 is 13.5. The number of nitrogens with zero attached hydrogens (tertiary/aromatic N) is 4. The second kappa shape index (κ2) is 8.21. The van der Waals surface area contributed by atoms with Gasteiger partial charge in [0.2, 0.25) is 0 Å². The highest BCUT2D eigenvalue weighted by atomic mass is 16.5. The zero-order valence-electron chi connectivity index (χ0n) is 15.7. The minimum absolute atomic E-state index is 0.0339. The van der Waals surface area contributed by atoms with Crippen molar-refractivity contribution in [3.05, 3.63) is 54.1 Å². The maximum atomic E-state index is 13.3. The summed E-state index contributed by atoms with van der Waals surface area (Å²) in [5.41, 5.74) is 1.70. The average molecular weight is 370 g/mol. The maximum Gasteiger partial charge on any atom is 0.271 e. The SMILES string of the molecule is Cn1cccc1C(=O)N1CCO[C@@H](CN2CCOCC2)[C@@H]1c1cccnc1. The lowest BCUT2D eigenvalue weighted by Crippen LogP contribution is -2.53. The van der Waals surface area contributed by atoms with Gasteiger partial charge in [-0.2, -0.15) is 0 Å². The van der Waals surface area contributed by atoms with Crippen LogP contribution in [0.5, 0.6) is 0 Å². The molecule has 2 fully saturated rings. The number of ether oxygens (including phenoxy) is 2. The highest BCUT2D eigenvalue weighted by Crippen LogP contribution is 2.31. The van der Waals surface area contributed by atoms with Gasteiger partial charge >= 0.3 is 0 Å². The molecule has 27 heavy (non-hydrogen) atoms. The molecule has 2 atom stereocenters. The van der Waals surface area contributed by atoms with Crippen LogP contribution in [0.1, 0.15) is 22.1 Å². The lowest BCUT2D eigenvalue weighted by molar-refractivity contribution is -0.0821. The minimum atomic E-state index is -0.155. The van der Waals surface area contributed by atoms with Gasteiger partial charge in [0, 0.05) is 51.8 Å². The number of morpholine rings is 2. The number of aryl methyl sites for hydroxylation is 1. The number of rotatable bonds is 4. The summed E-state index contributed by atoms with van der Waals surface area (Å²) in [6.45, 7) is 5.17. The van der Waals surface area contributed by atoms with Crippen molar-refractivity contribution in [3.8, 4) is 0 Å². The van der Waals surface area contributed by atoms with Crippen molar-refractivity contribution >= 4 is 5.91 Å². The van der Waals surface area contributed by atoms with Crippen molar-refractivity contribution in [2.75, 3.05) is 46.0 Å². The Morgan fingerprint density at radius 1 is 1.19 bits per heavy atom. The van der Waals surface area contributed by atoms with Gasteiger partial charge in [-0.15, -0.1) is 0 Å². The quantitative estimate of drug-likeness (QED) is 0.813. The van der Waals surface area contributed by atoms with Crippen LogP contribution < -0.4 is 0 Å². The highest BCUT2D eigenvalue weighted by molar-refractivity contribution is 5.93. The molecule has 0 unspecified atom stereocenters. The fourth-order valence-corrected chi connectivity index (χ4v) is 3.93. The molecule has 0 aromatic carbocycles. The summed E-state index contributed by atoms with van der Waals surface area (Å²) in [5, 5.41) is 0. The maximum absolute atomic E-state index is 13.3. The molecule has 0 spiro atoms. The van der Waals surface area contributed by atoms with E-state index in [1.165, 1.54) is 0 Å². The standard InChI is InChI=1S/C20H26N4O3/c1-22-7-3-5-17(22)20(25)24-10-13-27-18(15-23-8-11-26-12-9-23)19(24)16-4-2-6-21-14-16/h2-7,14,18-19H,8-13,15H2,1H3/t18-,19-/m0/s1. The van der Waals surface area contributed by atoms with Gasteiger partial charge in [0.1, 0.15) is 5.69 Å². The molecule has 2 saturated heterocycles. The molecule has 2 aliphatic heterocycles. The molecule has 4 rings (SSSR count). The Balaban J connectivity index is 1.62. The highest BCUT2D eigenvalue weighted by Gasteiger charge is 2.38. The summed E-state index contributed by atoms with van der Waals surface area (Å²) in [4.78, 5) is 21.9. The van der Waals surface area contributed by atoms with Crippen LogP contribution >= 0.6 is 0 Å². The first-order valence-corrected chi connectivity index (χ1v) is 9.48. The topological polar surface area (TPSA) is 59.8 Å². The number of hydrogen-bond donors (Lipinski definition) is 0. The van der Waals surface area contributed by atoms with Crippen LogP contribution in [0.3, 0.4) is 0 Å². The molecule has 2 aromatic heterocycles. The smallest absolute Gasteiger partial charge is 0.271 e. The molecule has 0 bridgehead atoms.